The maximum absolute atomic E-state index is 10.0. The highest BCUT2D eigenvalue weighted by Crippen LogP contribution is 2.42. The van der Waals surface area contributed by atoms with E-state index in [1.54, 1.807) is 18.2 Å². The summed E-state index contributed by atoms with van der Waals surface area (Å²) in [7, 11) is 0. The molecule has 7 heteroatoms. The van der Waals surface area contributed by atoms with Gasteiger partial charge in [0.2, 0.25) is 0 Å². The lowest BCUT2D eigenvalue weighted by Gasteiger charge is -2.17. The number of benzene rings is 9. The van der Waals surface area contributed by atoms with Gasteiger partial charge in [-0.1, -0.05) is 127 Å². The van der Waals surface area contributed by atoms with Crippen molar-refractivity contribution >= 4 is 43.6 Å². The van der Waals surface area contributed by atoms with E-state index in [0.29, 0.717) is 28.1 Å². The first-order valence-corrected chi connectivity index (χ1v) is 22.2. The van der Waals surface area contributed by atoms with Crippen molar-refractivity contribution in [2.24, 2.45) is 0 Å². The monoisotopic (exact) mass is 865 g/mol. The summed E-state index contributed by atoms with van der Waals surface area (Å²) in [5, 5.41) is 34.3. The van der Waals surface area contributed by atoms with Crippen LogP contribution in [0.1, 0.15) is 16.7 Å². The van der Waals surface area contributed by atoms with Crippen molar-refractivity contribution in [2.75, 3.05) is 0 Å². The number of fused-ring (bicyclic) bond motifs is 6. The largest absolute Gasteiger partial charge is 0.309 e. The van der Waals surface area contributed by atoms with E-state index in [4.69, 9.17) is 9.97 Å². The highest BCUT2D eigenvalue weighted by molar-refractivity contribution is 6.12. The van der Waals surface area contributed by atoms with Gasteiger partial charge in [0, 0.05) is 43.8 Å². The topological polar surface area (TPSA) is 107 Å². The Hall–Kier alpha value is -9.87. The van der Waals surface area contributed by atoms with Gasteiger partial charge < -0.3 is 9.13 Å². The van der Waals surface area contributed by atoms with Crippen LogP contribution in [-0.4, -0.2) is 19.1 Å². The molecule has 0 saturated heterocycles. The third kappa shape index (κ3) is 6.65. The summed E-state index contributed by atoms with van der Waals surface area (Å²) in [5.41, 5.74) is 15.1. The van der Waals surface area contributed by atoms with Gasteiger partial charge in [-0.25, -0.2) is 9.97 Å². The van der Waals surface area contributed by atoms with Crippen LogP contribution >= 0.6 is 0 Å². The summed E-state index contributed by atoms with van der Waals surface area (Å²) in [4.78, 5) is 10.8. The van der Waals surface area contributed by atoms with E-state index in [-0.39, 0.29) is 0 Å². The Morgan fingerprint density at radius 1 is 0.309 bits per heavy atom. The van der Waals surface area contributed by atoms with Gasteiger partial charge in [-0.3, -0.25) is 0 Å². The molecule has 0 fully saturated rings. The molecule has 0 spiro atoms. The van der Waals surface area contributed by atoms with Crippen molar-refractivity contribution in [1.82, 2.24) is 19.1 Å². The second kappa shape index (κ2) is 16.3. The van der Waals surface area contributed by atoms with Crippen LogP contribution in [0.15, 0.2) is 212 Å². The first-order valence-electron chi connectivity index (χ1n) is 22.2. The molecule has 0 amide bonds. The molecular formula is C61H35N7. The number of nitriles is 3. The first kappa shape index (κ1) is 39.7. The van der Waals surface area contributed by atoms with Gasteiger partial charge in [0.1, 0.15) is 0 Å². The Morgan fingerprint density at radius 3 is 1.32 bits per heavy atom. The smallest absolute Gasteiger partial charge is 0.162 e. The van der Waals surface area contributed by atoms with Gasteiger partial charge in [-0.2, -0.15) is 15.8 Å². The predicted octanol–water partition coefficient (Wildman–Crippen LogP) is 14.6. The van der Waals surface area contributed by atoms with Crippen LogP contribution in [0.2, 0.25) is 0 Å². The molecule has 0 saturated carbocycles. The lowest BCUT2D eigenvalue weighted by molar-refractivity contribution is 1.14. The molecule has 0 bridgehead atoms. The van der Waals surface area contributed by atoms with Crippen LogP contribution in [0.25, 0.3) is 111 Å². The molecule has 0 aliphatic heterocycles. The van der Waals surface area contributed by atoms with E-state index in [1.807, 2.05) is 66.7 Å². The SMILES string of the molecule is N#Cc1cc(C#N)cc(-c2cc(C#N)ccc2-n2c3ccccc3c3cc(-c4ccc(-n5c6ccccc6c6ccccc65)c(-c5nc(-c6ccccc6)cc(-c6ccccc6)n5)c4)ccc32)c1. The van der Waals surface area contributed by atoms with E-state index in [9.17, 15) is 15.8 Å². The van der Waals surface area contributed by atoms with Gasteiger partial charge in [0.15, 0.2) is 5.82 Å². The van der Waals surface area contributed by atoms with E-state index in [1.165, 1.54) is 0 Å². The number of hydrogen-bond donors (Lipinski definition) is 0. The standard InChI is InChI=1S/C61H35N7/c62-36-39-23-26-58(50(32-39)46-30-40(37-63)29-41(31-46)38-64)68-57-22-12-9-19-49(57)51-33-44(24-27-59(51)68)45-25-28-60(67-55-20-10-7-17-47(55)48-18-8-11-21-56(48)67)52(34-45)61-65-53(42-13-3-1-4-14-42)35-54(66-61)43-15-5-2-6-16-43/h1-35H. The number of aromatic nitrogens is 4. The average molecular weight is 866 g/mol. The molecule has 9 aromatic carbocycles. The Labute approximate surface area is 391 Å². The zero-order valence-corrected chi connectivity index (χ0v) is 36.3. The molecule has 12 rings (SSSR count). The van der Waals surface area contributed by atoms with Crippen molar-refractivity contribution in [2.45, 2.75) is 0 Å². The summed E-state index contributed by atoms with van der Waals surface area (Å²) < 4.78 is 4.54. The lowest BCUT2D eigenvalue weighted by atomic mass is 9.97. The minimum atomic E-state index is 0.372. The van der Waals surface area contributed by atoms with Crippen LogP contribution in [0.3, 0.4) is 0 Å². The maximum atomic E-state index is 10.0. The Kier molecular flexibility index (Phi) is 9.51. The fourth-order valence-corrected chi connectivity index (χ4v) is 9.71. The van der Waals surface area contributed by atoms with E-state index in [0.717, 1.165) is 99.8 Å². The predicted molar refractivity (Wildman–Crippen MR) is 272 cm³/mol. The van der Waals surface area contributed by atoms with E-state index < -0.39 is 0 Å². The van der Waals surface area contributed by atoms with Crippen LogP contribution in [0, 0.1) is 34.0 Å². The van der Waals surface area contributed by atoms with Gasteiger partial charge >= 0.3 is 0 Å². The molecule has 7 nitrogen and oxygen atoms in total. The summed E-state index contributed by atoms with van der Waals surface area (Å²) in [5.74, 6) is 0.606. The molecule has 0 atom stereocenters. The van der Waals surface area contributed by atoms with Crippen LogP contribution < -0.4 is 0 Å². The Morgan fingerprint density at radius 2 is 0.765 bits per heavy atom. The molecule has 68 heavy (non-hydrogen) atoms. The third-order valence-electron chi connectivity index (χ3n) is 12.8. The number of nitrogens with zero attached hydrogens (tertiary/aromatic N) is 7. The van der Waals surface area contributed by atoms with Crippen LogP contribution in [-0.2, 0) is 0 Å². The van der Waals surface area contributed by atoms with Crippen LogP contribution in [0.4, 0.5) is 0 Å². The highest BCUT2D eigenvalue weighted by atomic mass is 15.0. The second-order valence-corrected chi connectivity index (χ2v) is 16.7. The Balaban J connectivity index is 1.10. The molecule has 12 aromatic rings. The average Bonchev–Trinajstić information content (AvgIpc) is 3.93. The van der Waals surface area contributed by atoms with Gasteiger partial charge in [-0.05, 0) is 102 Å². The first-order chi connectivity index (χ1) is 33.6. The van der Waals surface area contributed by atoms with E-state index in [2.05, 4.69) is 155 Å². The number of rotatable bonds is 7. The van der Waals surface area contributed by atoms with Crippen molar-refractivity contribution in [1.29, 1.82) is 15.8 Å². The zero-order chi connectivity index (χ0) is 45.7. The van der Waals surface area contributed by atoms with Gasteiger partial charge in [0.25, 0.3) is 0 Å². The van der Waals surface area contributed by atoms with Gasteiger partial charge in [-0.15, -0.1) is 0 Å². The maximum Gasteiger partial charge on any atom is 0.162 e. The number of hydrogen-bond acceptors (Lipinski definition) is 5. The molecular weight excluding hydrogens is 831 g/mol. The van der Waals surface area contributed by atoms with Crippen molar-refractivity contribution < 1.29 is 0 Å². The second-order valence-electron chi connectivity index (χ2n) is 16.7. The minimum absolute atomic E-state index is 0.372. The quantitative estimate of drug-likeness (QED) is 0.159. The molecule has 3 aromatic heterocycles. The normalized spacial score (nSPS) is 11.2. The molecule has 0 aliphatic rings. The summed E-state index contributed by atoms with van der Waals surface area (Å²) in [6.07, 6.45) is 0. The van der Waals surface area contributed by atoms with Crippen molar-refractivity contribution in [3.63, 3.8) is 0 Å². The Bertz CT molecular complexity index is 3980. The van der Waals surface area contributed by atoms with Crippen molar-refractivity contribution in [3.8, 4) is 85.7 Å². The highest BCUT2D eigenvalue weighted by Gasteiger charge is 2.22. The van der Waals surface area contributed by atoms with E-state index >= 15 is 0 Å². The fraction of sp³-hybridized carbons (Fsp3) is 0. The molecule has 3 heterocycles. The summed E-state index contributed by atoms with van der Waals surface area (Å²) in [6.45, 7) is 0. The zero-order valence-electron chi connectivity index (χ0n) is 36.3. The molecule has 0 N–H and O–H groups in total. The summed E-state index contributed by atoms with van der Waals surface area (Å²) in [6, 6.07) is 78.6. The van der Waals surface area contributed by atoms with Crippen LogP contribution in [0.5, 0.6) is 0 Å². The minimum Gasteiger partial charge on any atom is -0.309 e. The van der Waals surface area contributed by atoms with Crippen molar-refractivity contribution in [3.05, 3.63) is 229 Å². The molecule has 0 aliphatic carbocycles. The fourth-order valence-electron chi connectivity index (χ4n) is 9.71. The summed E-state index contributed by atoms with van der Waals surface area (Å²) >= 11 is 0. The molecule has 314 valence electrons. The molecule has 0 radical (unpaired) electrons. The lowest BCUT2D eigenvalue weighted by Crippen LogP contribution is -2.02. The van der Waals surface area contributed by atoms with Gasteiger partial charge in [0.05, 0.1) is 79.7 Å². The third-order valence-corrected chi connectivity index (χ3v) is 12.8. The number of para-hydroxylation sites is 3. The molecule has 0 unspecified atom stereocenters.